The number of hydrogen-bond acceptors (Lipinski definition) is 0. The molecular weight excluding hydrogens is 146 g/mol. The average molecular weight is 157 g/mol. The Morgan fingerprint density at radius 3 is 1.57 bits per heavy atom. The molecule has 0 aliphatic rings. The van der Waals surface area contributed by atoms with E-state index in [1.807, 2.05) is 0 Å². The van der Waals surface area contributed by atoms with Gasteiger partial charge in [-0.3, -0.25) is 10.0 Å². The molecular formula is C4H11AlCl2. The summed E-state index contributed by atoms with van der Waals surface area (Å²) in [4.78, 5) is 0. The van der Waals surface area contributed by atoms with Crippen LogP contribution in [-0.4, -0.2) is 21.2 Å². The van der Waals surface area contributed by atoms with Crippen LogP contribution in [0.1, 0.15) is 13.8 Å². The van der Waals surface area contributed by atoms with Gasteiger partial charge in [0.25, 0.3) is 0 Å². The first-order valence-electron chi connectivity index (χ1n) is 2.21. The van der Waals surface area contributed by atoms with Crippen molar-refractivity contribution in [1.82, 2.24) is 0 Å². The van der Waals surface area contributed by atoms with E-state index < -0.39 is 0 Å². The Morgan fingerprint density at radius 1 is 1.43 bits per heavy atom. The molecule has 0 nitrogen and oxygen atoms in total. The minimum Gasteiger partial charge on any atom is -0.273 e. The zero-order valence-corrected chi connectivity index (χ0v) is 8.55. The van der Waals surface area contributed by atoms with E-state index in [1.165, 1.54) is 0 Å². The highest BCUT2D eigenvalue weighted by molar-refractivity contribution is 6.80. The molecule has 0 aromatic carbocycles. The highest BCUT2D eigenvalue weighted by Crippen LogP contribution is 1.91. The van der Waals surface area contributed by atoms with Crippen LogP contribution in [-0.2, 0) is 0 Å². The lowest BCUT2D eigenvalue weighted by Crippen LogP contribution is -1.83. The molecule has 7 heavy (non-hydrogen) atoms. The summed E-state index contributed by atoms with van der Waals surface area (Å²) in [6, 6.07) is 0. The second-order valence-electron chi connectivity index (χ2n) is 1.55. The van der Waals surface area contributed by atoms with Crippen LogP contribution in [0, 0.1) is 5.92 Å². The van der Waals surface area contributed by atoms with Crippen molar-refractivity contribution in [3.8, 4) is 0 Å². The van der Waals surface area contributed by atoms with E-state index >= 15 is 0 Å². The van der Waals surface area contributed by atoms with Crippen molar-refractivity contribution in [3.05, 3.63) is 0 Å². The molecule has 0 aliphatic heterocycles. The van der Waals surface area contributed by atoms with E-state index in [1.54, 1.807) is 0 Å². The molecule has 0 aromatic heterocycles. The lowest BCUT2D eigenvalue weighted by molar-refractivity contribution is 0.745. The zero-order chi connectivity index (χ0) is 6.28. The largest absolute Gasteiger partial charge is 0.353 e. The molecule has 0 saturated heterocycles. The van der Waals surface area contributed by atoms with Crippen molar-refractivity contribution in [2.45, 2.75) is 13.8 Å². The van der Waals surface area contributed by atoms with E-state index in [9.17, 15) is 0 Å². The summed E-state index contributed by atoms with van der Waals surface area (Å²) < 4.78 is 0. The van der Waals surface area contributed by atoms with Gasteiger partial charge >= 0.3 is 15.4 Å². The van der Waals surface area contributed by atoms with Gasteiger partial charge in [0.1, 0.15) is 0 Å². The van der Waals surface area contributed by atoms with Gasteiger partial charge in [-0.1, -0.05) is 13.8 Å². The molecule has 0 heterocycles. The fourth-order valence-corrected chi connectivity index (χ4v) is 0. The van der Waals surface area contributed by atoms with E-state index in [2.05, 4.69) is 13.8 Å². The fourth-order valence-electron chi connectivity index (χ4n) is 0. The summed E-state index contributed by atoms with van der Waals surface area (Å²) in [6.07, 6.45) is 0. The summed E-state index contributed by atoms with van der Waals surface area (Å²) in [5, 5.41) is 0. The van der Waals surface area contributed by atoms with Gasteiger partial charge in [-0.15, -0.1) is 11.6 Å². The number of alkyl halides is 1. The van der Waals surface area contributed by atoms with Gasteiger partial charge < -0.3 is 0 Å². The van der Waals surface area contributed by atoms with Gasteiger partial charge in [0.15, 0.2) is 0 Å². The van der Waals surface area contributed by atoms with Crippen molar-refractivity contribution >= 4 is 37.0 Å². The van der Waals surface area contributed by atoms with Crippen molar-refractivity contribution in [2.24, 2.45) is 5.92 Å². The SMILES string of the molecule is CC(C)CCl.[AlH2][Cl]. The van der Waals surface area contributed by atoms with Gasteiger partial charge in [0.2, 0.25) is 0 Å². The molecule has 0 amide bonds. The third-order valence-corrected chi connectivity index (χ3v) is 0.926. The maximum atomic E-state index is 5.34. The Kier molecular flexibility index (Phi) is 16.0. The monoisotopic (exact) mass is 156 g/mol. The van der Waals surface area contributed by atoms with Gasteiger partial charge in [-0.05, 0) is 5.92 Å². The first-order chi connectivity index (χ1) is 3.27. The molecule has 0 atom stereocenters. The van der Waals surface area contributed by atoms with Crippen LogP contribution in [0.4, 0.5) is 0 Å². The maximum Gasteiger partial charge on any atom is 0.353 e. The number of rotatable bonds is 1. The number of halogens is 2. The normalized spacial score (nSPS) is 7.57. The molecule has 0 unspecified atom stereocenters. The predicted molar refractivity (Wildman–Crippen MR) is 40.0 cm³/mol. The first kappa shape index (κ1) is 11.0. The standard InChI is InChI=1S/C4H9Cl.Al.ClH.2H/c1-4(2)3-5;;;;/h4H,3H2,1-2H3;;1H;;/q;+1;;;/p-1. The third kappa shape index (κ3) is 19.2. The van der Waals surface area contributed by atoms with Crippen LogP contribution in [0.25, 0.3) is 0 Å². The quantitative estimate of drug-likeness (QED) is 0.401. The van der Waals surface area contributed by atoms with E-state index in [0.717, 1.165) is 21.2 Å². The van der Waals surface area contributed by atoms with Gasteiger partial charge in [0.05, 0.1) is 0 Å². The number of hydrogen-bond donors (Lipinski definition) is 0. The van der Waals surface area contributed by atoms with Gasteiger partial charge in [-0.25, -0.2) is 0 Å². The summed E-state index contributed by atoms with van der Waals surface area (Å²) in [6.45, 7) is 4.18. The molecule has 0 fully saturated rings. The molecule has 0 aromatic rings. The van der Waals surface area contributed by atoms with Gasteiger partial charge in [-0.2, -0.15) is 0 Å². The molecule has 0 N–H and O–H groups in total. The first-order valence-corrected chi connectivity index (χ1v) is 5.77. The molecule has 0 rings (SSSR count). The van der Waals surface area contributed by atoms with E-state index in [-0.39, 0.29) is 0 Å². The van der Waals surface area contributed by atoms with Crippen LogP contribution >= 0.6 is 21.7 Å². The summed E-state index contributed by atoms with van der Waals surface area (Å²) in [7, 11) is 4.78. The van der Waals surface area contributed by atoms with E-state index in [0.29, 0.717) is 5.92 Å². The average Bonchev–Trinajstić information content (AvgIpc) is 1.73. The Bertz CT molecular complexity index is 23.7. The zero-order valence-electron chi connectivity index (χ0n) is 5.04. The second-order valence-corrected chi connectivity index (χ2v) is 1.86. The lowest BCUT2D eigenvalue weighted by atomic mass is 10.3. The summed E-state index contributed by atoms with van der Waals surface area (Å²) in [5.41, 5.74) is 0. The Balaban J connectivity index is 0. The van der Waals surface area contributed by atoms with Crippen molar-refractivity contribution < 1.29 is 0 Å². The van der Waals surface area contributed by atoms with Crippen molar-refractivity contribution in [1.29, 1.82) is 0 Å². The molecule has 0 aliphatic carbocycles. The molecule has 0 bridgehead atoms. The van der Waals surface area contributed by atoms with Crippen LogP contribution in [0.15, 0.2) is 0 Å². The molecule has 3 heteroatoms. The van der Waals surface area contributed by atoms with Crippen molar-refractivity contribution in [2.75, 3.05) is 5.88 Å². The minimum atomic E-state index is 0.650. The second kappa shape index (κ2) is 10.2. The lowest BCUT2D eigenvalue weighted by Gasteiger charge is -1.88. The topological polar surface area (TPSA) is 0 Å². The van der Waals surface area contributed by atoms with Crippen LogP contribution in [0.5, 0.6) is 0 Å². The summed E-state index contributed by atoms with van der Waals surface area (Å²) >= 11 is 6.11. The Hall–Kier alpha value is 1.11. The van der Waals surface area contributed by atoms with Crippen LogP contribution < -0.4 is 0 Å². The Morgan fingerprint density at radius 2 is 1.57 bits per heavy atom. The van der Waals surface area contributed by atoms with Crippen LogP contribution in [0.3, 0.4) is 0 Å². The molecule has 0 saturated carbocycles. The van der Waals surface area contributed by atoms with Crippen molar-refractivity contribution in [3.63, 3.8) is 0 Å². The minimum absolute atomic E-state index is 0.650. The van der Waals surface area contributed by atoms with Crippen LogP contribution in [0.2, 0.25) is 0 Å². The summed E-state index contributed by atoms with van der Waals surface area (Å²) in [5.74, 6) is 1.43. The highest BCUT2D eigenvalue weighted by Gasteiger charge is 1.82. The smallest absolute Gasteiger partial charge is 0.273 e. The van der Waals surface area contributed by atoms with Gasteiger partial charge in [0, 0.05) is 5.88 Å². The molecule has 44 valence electrons. The highest BCUT2D eigenvalue weighted by atomic mass is 35.6. The Labute approximate surface area is 62.8 Å². The fraction of sp³-hybridized carbons (Fsp3) is 1.00. The molecule has 0 radical (unpaired) electrons. The maximum absolute atomic E-state index is 5.34. The molecule has 0 spiro atoms. The third-order valence-electron chi connectivity index (χ3n) is 0.309. The predicted octanol–water partition coefficient (Wildman–Crippen LogP) is 1.65. The van der Waals surface area contributed by atoms with E-state index in [4.69, 9.17) is 21.7 Å².